The van der Waals surface area contributed by atoms with Crippen molar-refractivity contribution in [2.75, 3.05) is 39.3 Å². The highest BCUT2D eigenvalue weighted by Crippen LogP contribution is 2.22. The Labute approximate surface area is 219 Å². The Bertz CT molecular complexity index is 1010. The number of nitrogens with zero attached hydrogens (tertiary/aromatic N) is 3. The first-order valence-electron chi connectivity index (χ1n) is 13.5. The monoisotopic (exact) mass is 510 g/mol. The van der Waals surface area contributed by atoms with Gasteiger partial charge in [0.1, 0.15) is 5.82 Å². The van der Waals surface area contributed by atoms with Crippen molar-refractivity contribution in [3.8, 4) is 0 Å². The fourth-order valence-electron chi connectivity index (χ4n) is 5.26. The van der Waals surface area contributed by atoms with Crippen LogP contribution >= 0.6 is 0 Å². The summed E-state index contributed by atoms with van der Waals surface area (Å²) in [4.78, 5) is 30.7. The molecule has 0 aliphatic carbocycles. The van der Waals surface area contributed by atoms with Crippen molar-refractivity contribution >= 4 is 12.1 Å². The third-order valence-corrected chi connectivity index (χ3v) is 7.37. The van der Waals surface area contributed by atoms with E-state index in [1.807, 2.05) is 35.2 Å². The minimum atomic E-state index is -0.273. The van der Waals surface area contributed by atoms with Crippen molar-refractivity contribution in [3.63, 3.8) is 0 Å². The fourth-order valence-corrected chi connectivity index (χ4v) is 5.26. The molecule has 0 unspecified atom stereocenters. The molecule has 0 radical (unpaired) electrons. The number of carbonyl (C=O) groups is 2. The maximum absolute atomic E-state index is 14.4. The quantitative estimate of drug-likeness (QED) is 0.550. The predicted octanol–water partition coefficient (Wildman–Crippen LogP) is 4.87. The average Bonchev–Trinajstić information content (AvgIpc) is 2.91. The van der Waals surface area contributed by atoms with Gasteiger partial charge in [0.2, 0.25) is 0 Å². The van der Waals surface area contributed by atoms with Crippen molar-refractivity contribution in [1.82, 2.24) is 20.0 Å². The Morgan fingerprint density at radius 3 is 2.24 bits per heavy atom. The van der Waals surface area contributed by atoms with Crippen LogP contribution in [-0.2, 0) is 17.8 Å². The molecule has 8 heteroatoms. The number of likely N-dealkylation sites (tertiary alicyclic amines) is 2. The van der Waals surface area contributed by atoms with Gasteiger partial charge in [-0.15, -0.1) is 0 Å². The summed E-state index contributed by atoms with van der Waals surface area (Å²) in [6.07, 6.45) is 3.07. The molecule has 0 atom stereocenters. The lowest BCUT2D eigenvalue weighted by Gasteiger charge is -2.37. The molecule has 0 saturated carbocycles. The van der Waals surface area contributed by atoms with Gasteiger partial charge in [0.15, 0.2) is 0 Å². The smallest absolute Gasteiger partial charge is 0.409 e. The van der Waals surface area contributed by atoms with Crippen LogP contribution in [0.2, 0.25) is 0 Å². The molecule has 2 aromatic carbocycles. The minimum absolute atomic E-state index is 0.0134. The van der Waals surface area contributed by atoms with E-state index in [0.717, 1.165) is 51.9 Å². The van der Waals surface area contributed by atoms with E-state index in [1.54, 1.807) is 17.9 Å². The molecule has 2 fully saturated rings. The van der Waals surface area contributed by atoms with Crippen molar-refractivity contribution in [2.45, 2.75) is 51.7 Å². The Kier molecular flexibility index (Phi) is 9.77. The van der Waals surface area contributed by atoms with E-state index < -0.39 is 0 Å². The molecule has 2 heterocycles. The summed E-state index contributed by atoms with van der Waals surface area (Å²) in [6, 6.07) is 17.4. The number of hydrogen-bond acceptors (Lipinski definition) is 4. The minimum Gasteiger partial charge on any atom is -0.450 e. The van der Waals surface area contributed by atoms with Crippen molar-refractivity contribution in [1.29, 1.82) is 0 Å². The number of halogens is 1. The number of nitrogens with one attached hydrogen (secondary N) is 1. The van der Waals surface area contributed by atoms with E-state index in [2.05, 4.69) is 22.3 Å². The summed E-state index contributed by atoms with van der Waals surface area (Å²) in [7, 11) is 0. The maximum Gasteiger partial charge on any atom is 0.409 e. The number of hydrogen-bond donors (Lipinski definition) is 1. The zero-order valence-corrected chi connectivity index (χ0v) is 21.8. The normalized spacial score (nSPS) is 17.2. The third kappa shape index (κ3) is 7.92. The van der Waals surface area contributed by atoms with Crippen LogP contribution in [0.5, 0.6) is 0 Å². The number of piperidine rings is 2. The predicted molar refractivity (Wildman–Crippen MR) is 141 cm³/mol. The van der Waals surface area contributed by atoms with E-state index in [0.29, 0.717) is 37.7 Å². The van der Waals surface area contributed by atoms with Crippen molar-refractivity contribution in [3.05, 3.63) is 71.5 Å². The van der Waals surface area contributed by atoms with Crippen LogP contribution in [0.1, 0.15) is 43.7 Å². The summed E-state index contributed by atoms with van der Waals surface area (Å²) in [5.41, 5.74) is 1.92. The van der Waals surface area contributed by atoms with Crippen molar-refractivity contribution < 1.29 is 18.7 Å². The van der Waals surface area contributed by atoms with Gasteiger partial charge in [-0.1, -0.05) is 48.5 Å². The standard InChI is InChI=1S/C29H39FN4O3/c1-2-37-29(36)34-18-14-26(15-19-34)31-28(35)33-16-12-24(13-17-33)21-32(20-23-8-4-3-5-9-23)22-25-10-6-7-11-27(25)30/h3-11,24,26H,2,12-22H2,1H3,(H,31,35). The van der Waals surface area contributed by atoms with Crippen LogP contribution in [-0.4, -0.2) is 72.2 Å². The number of amides is 3. The molecule has 7 nitrogen and oxygen atoms in total. The van der Waals surface area contributed by atoms with Crippen LogP contribution in [0.25, 0.3) is 0 Å². The summed E-state index contributed by atoms with van der Waals surface area (Å²) < 4.78 is 19.5. The van der Waals surface area contributed by atoms with Crippen LogP contribution in [0.4, 0.5) is 14.0 Å². The molecule has 0 aromatic heterocycles. The molecule has 2 aliphatic rings. The van der Waals surface area contributed by atoms with Crippen LogP contribution < -0.4 is 5.32 Å². The number of benzene rings is 2. The molecule has 4 rings (SSSR count). The Hall–Kier alpha value is -3.13. The van der Waals surface area contributed by atoms with E-state index in [9.17, 15) is 14.0 Å². The summed E-state index contributed by atoms with van der Waals surface area (Å²) >= 11 is 0. The first-order chi connectivity index (χ1) is 18.0. The Balaban J connectivity index is 1.25. The molecule has 3 amide bonds. The van der Waals surface area contributed by atoms with Gasteiger partial charge < -0.3 is 19.9 Å². The molecule has 0 spiro atoms. The van der Waals surface area contributed by atoms with Gasteiger partial charge in [0.05, 0.1) is 6.61 Å². The number of urea groups is 1. The Morgan fingerprint density at radius 1 is 0.919 bits per heavy atom. The van der Waals surface area contributed by atoms with Gasteiger partial charge in [0.25, 0.3) is 0 Å². The molecule has 2 saturated heterocycles. The van der Waals surface area contributed by atoms with Crippen molar-refractivity contribution in [2.24, 2.45) is 5.92 Å². The fraction of sp³-hybridized carbons (Fsp3) is 0.517. The van der Waals surface area contributed by atoms with Crippen LogP contribution in [0.15, 0.2) is 54.6 Å². The molecule has 0 bridgehead atoms. The summed E-state index contributed by atoms with van der Waals surface area (Å²) in [5, 5.41) is 3.16. The highest BCUT2D eigenvalue weighted by molar-refractivity contribution is 5.74. The zero-order chi connectivity index (χ0) is 26.0. The van der Waals surface area contributed by atoms with Gasteiger partial charge >= 0.3 is 12.1 Å². The number of rotatable bonds is 8. The molecule has 200 valence electrons. The first kappa shape index (κ1) is 26.9. The second kappa shape index (κ2) is 13.4. The summed E-state index contributed by atoms with van der Waals surface area (Å²) in [5.74, 6) is 0.285. The van der Waals surface area contributed by atoms with Gasteiger partial charge in [-0.2, -0.15) is 0 Å². The molecule has 1 N–H and O–H groups in total. The first-order valence-corrected chi connectivity index (χ1v) is 13.5. The lowest BCUT2D eigenvalue weighted by molar-refractivity contribution is 0.0943. The molecule has 2 aromatic rings. The second-order valence-corrected chi connectivity index (χ2v) is 10.1. The second-order valence-electron chi connectivity index (χ2n) is 10.1. The Morgan fingerprint density at radius 2 is 1.57 bits per heavy atom. The van der Waals surface area contributed by atoms with Crippen LogP contribution in [0.3, 0.4) is 0 Å². The number of carbonyl (C=O) groups excluding carboxylic acids is 2. The summed E-state index contributed by atoms with van der Waals surface area (Å²) in [6.45, 7) is 7.01. The number of ether oxygens (including phenoxy) is 1. The van der Waals surface area contributed by atoms with E-state index in [4.69, 9.17) is 4.74 Å². The topological polar surface area (TPSA) is 65.1 Å². The van der Waals surface area contributed by atoms with Gasteiger partial charge in [-0.3, -0.25) is 4.90 Å². The largest absolute Gasteiger partial charge is 0.450 e. The lowest BCUT2D eigenvalue weighted by Crippen LogP contribution is -2.52. The zero-order valence-electron chi connectivity index (χ0n) is 21.8. The van der Waals surface area contributed by atoms with Gasteiger partial charge in [-0.05, 0) is 50.2 Å². The van der Waals surface area contributed by atoms with Gasteiger partial charge in [-0.25, -0.2) is 14.0 Å². The lowest BCUT2D eigenvalue weighted by atomic mass is 9.95. The van der Waals surface area contributed by atoms with Crippen LogP contribution in [0, 0.1) is 11.7 Å². The maximum atomic E-state index is 14.4. The highest BCUT2D eigenvalue weighted by atomic mass is 19.1. The van der Waals surface area contributed by atoms with E-state index in [1.165, 1.54) is 11.6 Å². The van der Waals surface area contributed by atoms with E-state index in [-0.39, 0.29) is 24.0 Å². The molecule has 37 heavy (non-hydrogen) atoms. The van der Waals surface area contributed by atoms with E-state index >= 15 is 0 Å². The average molecular weight is 511 g/mol. The SMILES string of the molecule is CCOC(=O)N1CCC(NC(=O)N2CCC(CN(Cc3ccccc3)Cc3ccccc3F)CC2)CC1. The van der Waals surface area contributed by atoms with Gasteiger partial charge in [0, 0.05) is 57.4 Å². The molecular formula is C29H39FN4O3. The third-order valence-electron chi connectivity index (χ3n) is 7.37. The highest BCUT2D eigenvalue weighted by Gasteiger charge is 2.28. The molecular weight excluding hydrogens is 471 g/mol. The molecule has 2 aliphatic heterocycles.